The first-order valence-corrected chi connectivity index (χ1v) is 7.03. The Balaban J connectivity index is 2.02. The number of hydrogen-bond donors (Lipinski definition) is 3. The van der Waals surface area contributed by atoms with Gasteiger partial charge in [-0.2, -0.15) is 0 Å². The van der Waals surface area contributed by atoms with Crippen molar-refractivity contribution in [2.75, 3.05) is 32.9 Å². The summed E-state index contributed by atoms with van der Waals surface area (Å²) >= 11 is 5.99. The third-order valence-corrected chi connectivity index (χ3v) is 2.94. The van der Waals surface area contributed by atoms with Crippen LogP contribution in [0, 0.1) is 0 Å². The van der Waals surface area contributed by atoms with Gasteiger partial charge in [-0.15, -0.1) is 0 Å². The van der Waals surface area contributed by atoms with Gasteiger partial charge in [-0.3, -0.25) is 4.79 Å². The second-order valence-corrected chi connectivity index (χ2v) is 4.89. The molecule has 0 aliphatic rings. The van der Waals surface area contributed by atoms with Gasteiger partial charge in [0.1, 0.15) is 6.61 Å². The first kappa shape index (κ1) is 17.9. The molecular weight excluding hydrogens is 296 g/mol. The van der Waals surface area contributed by atoms with E-state index in [1.807, 2.05) is 18.2 Å². The molecule has 1 unspecified atom stereocenters. The molecule has 0 aromatic heterocycles. The van der Waals surface area contributed by atoms with Crippen molar-refractivity contribution in [1.82, 2.24) is 5.32 Å². The van der Waals surface area contributed by atoms with E-state index in [0.717, 1.165) is 5.56 Å². The maximum atomic E-state index is 10.4. The van der Waals surface area contributed by atoms with E-state index in [-0.39, 0.29) is 13.2 Å². The largest absolute Gasteiger partial charge is 0.389 e. The molecule has 0 saturated carbocycles. The quantitative estimate of drug-likeness (QED) is 0.511. The van der Waals surface area contributed by atoms with Crippen LogP contribution in [0.2, 0.25) is 5.02 Å². The first-order valence-electron chi connectivity index (χ1n) is 6.65. The number of halogens is 1. The normalized spacial score (nSPS) is 12.3. The van der Waals surface area contributed by atoms with Crippen LogP contribution in [0.1, 0.15) is 5.56 Å². The Labute approximate surface area is 129 Å². The summed E-state index contributed by atoms with van der Waals surface area (Å²) in [4.78, 5) is 10.4. The van der Waals surface area contributed by atoms with Crippen molar-refractivity contribution in [3.63, 3.8) is 0 Å². The van der Waals surface area contributed by atoms with Crippen molar-refractivity contribution < 1.29 is 19.4 Å². The van der Waals surface area contributed by atoms with Crippen LogP contribution in [0.5, 0.6) is 0 Å². The molecule has 0 bridgehead atoms. The Morgan fingerprint density at radius 3 is 2.86 bits per heavy atom. The van der Waals surface area contributed by atoms with Gasteiger partial charge in [0.2, 0.25) is 5.91 Å². The lowest BCUT2D eigenvalue weighted by Gasteiger charge is -2.13. The fourth-order valence-electron chi connectivity index (χ4n) is 1.57. The first-order chi connectivity index (χ1) is 10.1. The molecule has 1 atom stereocenters. The summed E-state index contributed by atoms with van der Waals surface area (Å²) in [6, 6.07) is 7.41. The fraction of sp³-hybridized carbons (Fsp3) is 0.500. The van der Waals surface area contributed by atoms with E-state index in [0.29, 0.717) is 31.3 Å². The van der Waals surface area contributed by atoms with E-state index in [9.17, 15) is 9.90 Å². The van der Waals surface area contributed by atoms with Crippen LogP contribution in [-0.2, 0) is 20.9 Å². The number of ether oxygens (including phenoxy) is 2. The summed E-state index contributed by atoms with van der Waals surface area (Å²) in [7, 11) is 0. The van der Waals surface area contributed by atoms with Gasteiger partial charge in [0.05, 0.1) is 25.9 Å². The lowest BCUT2D eigenvalue weighted by molar-refractivity contribution is -0.122. The number of rotatable bonds is 11. The Morgan fingerprint density at radius 1 is 1.38 bits per heavy atom. The number of benzene rings is 1. The molecule has 1 aromatic carbocycles. The van der Waals surface area contributed by atoms with Gasteiger partial charge in [-0.05, 0) is 11.6 Å². The number of hydrogen-bond acceptors (Lipinski definition) is 5. The highest BCUT2D eigenvalue weighted by molar-refractivity contribution is 6.31. The molecule has 21 heavy (non-hydrogen) atoms. The van der Waals surface area contributed by atoms with Crippen molar-refractivity contribution in [1.29, 1.82) is 0 Å². The van der Waals surface area contributed by atoms with Crippen molar-refractivity contribution in [3.8, 4) is 0 Å². The number of nitrogens with two attached hydrogens (primary N) is 1. The zero-order valence-corrected chi connectivity index (χ0v) is 12.5. The summed E-state index contributed by atoms with van der Waals surface area (Å²) < 4.78 is 10.4. The zero-order valence-electron chi connectivity index (χ0n) is 11.8. The van der Waals surface area contributed by atoms with Crippen molar-refractivity contribution in [2.24, 2.45) is 5.73 Å². The molecule has 0 radical (unpaired) electrons. The highest BCUT2D eigenvalue weighted by Crippen LogP contribution is 2.15. The Hall–Kier alpha value is -1.18. The van der Waals surface area contributed by atoms with Gasteiger partial charge in [-0.25, -0.2) is 0 Å². The standard InChI is InChI=1S/C14H21ClN2O4/c15-13-4-2-1-3-11(13)8-21-9-12(18)7-17-5-6-20-10-14(16)19/h1-4,12,17-18H,5-10H2,(H2,16,19). The number of aliphatic hydroxyl groups excluding tert-OH is 1. The highest BCUT2D eigenvalue weighted by atomic mass is 35.5. The third kappa shape index (κ3) is 8.64. The van der Waals surface area contributed by atoms with E-state index >= 15 is 0 Å². The van der Waals surface area contributed by atoms with E-state index in [1.165, 1.54) is 0 Å². The predicted octanol–water partition coefficient (Wildman–Crippen LogP) is 0.309. The molecule has 6 nitrogen and oxygen atoms in total. The molecule has 4 N–H and O–H groups in total. The predicted molar refractivity (Wildman–Crippen MR) is 80.0 cm³/mol. The van der Waals surface area contributed by atoms with Crippen LogP contribution in [0.15, 0.2) is 24.3 Å². The van der Waals surface area contributed by atoms with Crippen molar-refractivity contribution in [2.45, 2.75) is 12.7 Å². The second-order valence-electron chi connectivity index (χ2n) is 4.48. The van der Waals surface area contributed by atoms with Gasteiger partial charge in [0.25, 0.3) is 0 Å². The van der Waals surface area contributed by atoms with E-state index in [1.54, 1.807) is 6.07 Å². The van der Waals surface area contributed by atoms with E-state index in [4.69, 9.17) is 26.8 Å². The van der Waals surface area contributed by atoms with Crippen molar-refractivity contribution >= 4 is 17.5 Å². The van der Waals surface area contributed by atoms with Crippen LogP contribution in [0.4, 0.5) is 0 Å². The number of aliphatic hydroxyl groups is 1. The Kier molecular flexibility index (Phi) is 8.96. The van der Waals surface area contributed by atoms with Gasteiger partial charge in [0.15, 0.2) is 0 Å². The lowest BCUT2D eigenvalue weighted by Crippen LogP contribution is -2.33. The third-order valence-electron chi connectivity index (χ3n) is 2.57. The van der Waals surface area contributed by atoms with Gasteiger partial charge in [0, 0.05) is 18.1 Å². The molecule has 0 aliphatic carbocycles. The average Bonchev–Trinajstić information content (AvgIpc) is 2.44. The summed E-state index contributed by atoms with van der Waals surface area (Å²) in [5.74, 6) is -0.497. The minimum atomic E-state index is -0.622. The van der Waals surface area contributed by atoms with Crippen LogP contribution >= 0.6 is 11.6 Å². The summed E-state index contributed by atoms with van der Waals surface area (Å²) in [5.41, 5.74) is 5.81. The molecule has 1 amide bonds. The summed E-state index contributed by atoms with van der Waals surface area (Å²) in [6.45, 7) is 1.73. The van der Waals surface area contributed by atoms with Crippen molar-refractivity contribution in [3.05, 3.63) is 34.9 Å². The van der Waals surface area contributed by atoms with Crippen LogP contribution in [0.25, 0.3) is 0 Å². The second kappa shape index (κ2) is 10.5. The average molecular weight is 317 g/mol. The smallest absolute Gasteiger partial charge is 0.243 e. The molecule has 1 rings (SSSR count). The number of nitrogens with one attached hydrogen (secondary N) is 1. The summed E-state index contributed by atoms with van der Waals surface area (Å²) in [6.07, 6.45) is -0.622. The van der Waals surface area contributed by atoms with Crippen LogP contribution in [0.3, 0.4) is 0 Å². The number of carbonyl (C=O) groups is 1. The number of amides is 1. The molecule has 118 valence electrons. The molecule has 0 fully saturated rings. The minimum absolute atomic E-state index is 0.0921. The maximum absolute atomic E-state index is 10.4. The fourth-order valence-corrected chi connectivity index (χ4v) is 1.76. The van der Waals surface area contributed by atoms with Crippen LogP contribution < -0.4 is 11.1 Å². The van der Waals surface area contributed by atoms with E-state index < -0.39 is 12.0 Å². The molecular formula is C14H21ClN2O4. The Bertz CT molecular complexity index is 431. The van der Waals surface area contributed by atoms with Gasteiger partial charge < -0.3 is 25.6 Å². The molecule has 0 spiro atoms. The highest BCUT2D eigenvalue weighted by Gasteiger charge is 2.05. The molecule has 0 aliphatic heterocycles. The maximum Gasteiger partial charge on any atom is 0.243 e. The lowest BCUT2D eigenvalue weighted by atomic mass is 10.2. The zero-order chi connectivity index (χ0) is 15.5. The minimum Gasteiger partial charge on any atom is -0.389 e. The van der Waals surface area contributed by atoms with E-state index in [2.05, 4.69) is 5.32 Å². The molecule has 7 heteroatoms. The SMILES string of the molecule is NC(=O)COCCNCC(O)COCc1ccccc1Cl. The summed E-state index contributed by atoms with van der Waals surface area (Å²) in [5, 5.41) is 13.3. The Morgan fingerprint density at radius 2 is 2.14 bits per heavy atom. The molecule has 1 aromatic rings. The molecule has 0 heterocycles. The van der Waals surface area contributed by atoms with Gasteiger partial charge >= 0.3 is 0 Å². The monoisotopic (exact) mass is 316 g/mol. The topological polar surface area (TPSA) is 93.8 Å². The van der Waals surface area contributed by atoms with Gasteiger partial charge in [-0.1, -0.05) is 29.8 Å². The number of primary amides is 1. The number of carbonyl (C=O) groups excluding carboxylic acids is 1. The molecule has 0 saturated heterocycles. The van der Waals surface area contributed by atoms with Crippen LogP contribution in [-0.4, -0.2) is 50.0 Å².